The highest BCUT2D eigenvalue weighted by molar-refractivity contribution is 5.96. The molecule has 2 aromatic carbocycles. The highest BCUT2D eigenvalue weighted by Crippen LogP contribution is 2.56. The molecule has 5 rings (SSSR count). The van der Waals surface area contributed by atoms with E-state index in [0.29, 0.717) is 36.4 Å². The first-order chi connectivity index (χ1) is 18.6. The summed E-state index contributed by atoms with van der Waals surface area (Å²) in [5.41, 5.74) is 14.9. The van der Waals surface area contributed by atoms with Crippen LogP contribution in [0.15, 0.2) is 77.7 Å². The Kier molecular flexibility index (Phi) is 7.04. The molecule has 0 spiro atoms. The number of carbonyl (C=O) groups excluding carboxylic acids is 1. The van der Waals surface area contributed by atoms with Gasteiger partial charge >= 0.3 is 0 Å². The van der Waals surface area contributed by atoms with Crippen LogP contribution in [0.5, 0.6) is 0 Å². The first kappa shape index (κ1) is 27.0. The molecule has 6 nitrogen and oxygen atoms in total. The van der Waals surface area contributed by atoms with Crippen LogP contribution in [0.1, 0.15) is 53.2 Å². The van der Waals surface area contributed by atoms with Crippen molar-refractivity contribution in [1.82, 2.24) is 5.32 Å². The summed E-state index contributed by atoms with van der Waals surface area (Å²) in [6.45, 7) is 13.4. The molecule has 3 aliphatic carbocycles. The van der Waals surface area contributed by atoms with Crippen molar-refractivity contribution in [3.8, 4) is 11.1 Å². The molecule has 0 aromatic heterocycles. The largest absolute Gasteiger partial charge is 0.512 e. The number of hydrogen-bond donors (Lipinski definition) is 4. The molecule has 39 heavy (non-hydrogen) atoms. The third-order valence-electron chi connectivity index (χ3n) is 8.95. The van der Waals surface area contributed by atoms with Gasteiger partial charge < -0.3 is 26.0 Å². The fourth-order valence-electron chi connectivity index (χ4n) is 6.96. The Morgan fingerprint density at radius 3 is 2.72 bits per heavy atom. The predicted octanol–water partition coefficient (Wildman–Crippen LogP) is 5.37. The number of aliphatic hydroxyl groups is 2. The van der Waals surface area contributed by atoms with Crippen LogP contribution in [0, 0.1) is 18.8 Å². The number of nitrogens with one attached hydrogen (secondary N) is 1. The van der Waals surface area contributed by atoms with Gasteiger partial charge in [-0.15, -0.1) is 0 Å². The van der Waals surface area contributed by atoms with Gasteiger partial charge in [0.25, 0.3) is 5.91 Å². The number of nitrogens with two attached hydrogens (primary N) is 1. The van der Waals surface area contributed by atoms with Crippen molar-refractivity contribution in [2.45, 2.75) is 45.1 Å². The van der Waals surface area contributed by atoms with Crippen LogP contribution < -0.4 is 11.1 Å². The molecule has 0 radical (unpaired) electrons. The van der Waals surface area contributed by atoms with Gasteiger partial charge in [-0.05, 0) is 95.2 Å². The topological polar surface area (TPSA) is 105 Å². The number of amides is 1. The lowest BCUT2D eigenvalue weighted by atomic mass is 9.57. The predicted molar refractivity (Wildman–Crippen MR) is 155 cm³/mol. The van der Waals surface area contributed by atoms with Crippen LogP contribution in [0.25, 0.3) is 16.7 Å². The number of hydrogen-bond acceptors (Lipinski definition) is 5. The van der Waals surface area contributed by atoms with Crippen molar-refractivity contribution >= 4 is 11.5 Å². The van der Waals surface area contributed by atoms with E-state index >= 15 is 0 Å². The molecule has 0 bridgehead atoms. The van der Waals surface area contributed by atoms with Crippen molar-refractivity contribution in [3.63, 3.8) is 0 Å². The summed E-state index contributed by atoms with van der Waals surface area (Å²) in [7, 11) is 1.61. The lowest BCUT2D eigenvalue weighted by Crippen LogP contribution is -2.48. The van der Waals surface area contributed by atoms with Crippen molar-refractivity contribution < 1.29 is 19.7 Å². The van der Waals surface area contributed by atoms with E-state index in [2.05, 4.69) is 37.5 Å². The second-order valence-electron chi connectivity index (χ2n) is 11.2. The monoisotopic (exact) mass is 526 g/mol. The summed E-state index contributed by atoms with van der Waals surface area (Å²) < 4.78 is 5.05. The third kappa shape index (κ3) is 4.52. The van der Waals surface area contributed by atoms with E-state index in [1.807, 2.05) is 31.2 Å². The van der Waals surface area contributed by atoms with Crippen molar-refractivity contribution in [3.05, 3.63) is 100.0 Å². The Labute approximate surface area is 230 Å². The Balaban J connectivity index is 1.56. The van der Waals surface area contributed by atoms with Crippen molar-refractivity contribution in [2.24, 2.45) is 17.6 Å². The smallest absolute Gasteiger partial charge is 0.251 e. The fraction of sp³-hybridized carbons (Fsp3) is 0.364. The molecule has 1 amide bonds. The number of allylic oxidation sites excluding steroid dienone is 4. The van der Waals surface area contributed by atoms with Gasteiger partial charge in [0.05, 0.1) is 18.0 Å². The summed E-state index contributed by atoms with van der Waals surface area (Å²) in [6.07, 6.45) is 2.18. The quantitative estimate of drug-likeness (QED) is 0.379. The SMILES string of the molecule is C=C(N)C1=C(O)C[C@@H]2CC3Cc4c(-c5cccc(C(=O)NCCOC)c5)ccc(C)c4C(=C)C3=C(C)[C@]2(O)C1. The first-order valence-corrected chi connectivity index (χ1v) is 13.6. The van der Waals surface area contributed by atoms with Gasteiger partial charge in [0.15, 0.2) is 0 Å². The van der Waals surface area contributed by atoms with Gasteiger partial charge in [-0.1, -0.05) is 37.4 Å². The van der Waals surface area contributed by atoms with Crippen molar-refractivity contribution in [1.29, 1.82) is 0 Å². The lowest BCUT2D eigenvalue weighted by Gasteiger charge is -2.50. The number of aryl methyl sites for hydroxylation is 1. The Morgan fingerprint density at radius 2 is 2.00 bits per heavy atom. The summed E-state index contributed by atoms with van der Waals surface area (Å²) in [5, 5.41) is 25.6. The molecular weight excluding hydrogens is 488 g/mol. The number of methoxy groups -OCH3 is 1. The molecule has 0 aliphatic heterocycles. The highest BCUT2D eigenvalue weighted by Gasteiger charge is 2.50. The van der Waals surface area contributed by atoms with E-state index in [1.54, 1.807) is 7.11 Å². The van der Waals surface area contributed by atoms with E-state index < -0.39 is 5.60 Å². The van der Waals surface area contributed by atoms with Crippen LogP contribution in [-0.2, 0) is 11.2 Å². The summed E-state index contributed by atoms with van der Waals surface area (Å²) in [5.74, 6) is 0.167. The molecule has 3 aliphatic rings. The molecule has 5 N–H and O–H groups in total. The van der Waals surface area contributed by atoms with Gasteiger partial charge in [-0.2, -0.15) is 0 Å². The molecule has 0 fully saturated rings. The number of carbonyl (C=O) groups is 1. The maximum absolute atomic E-state index is 12.7. The van der Waals surface area contributed by atoms with E-state index in [4.69, 9.17) is 10.5 Å². The zero-order chi connectivity index (χ0) is 28.1. The molecule has 0 heterocycles. The zero-order valence-electron chi connectivity index (χ0n) is 23.1. The van der Waals surface area contributed by atoms with Crippen molar-refractivity contribution in [2.75, 3.05) is 20.3 Å². The second kappa shape index (κ2) is 10.2. The summed E-state index contributed by atoms with van der Waals surface area (Å²) in [6, 6.07) is 12.0. The van der Waals surface area contributed by atoms with Crippen LogP contribution in [0.2, 0.25) is 0 Å². The lowest BCUT2D eigenvalue weighted by molar-refractivity contribution is -0.0153. The molecule has 3 atom stereocenters. The van der Waals surface area contributed by atoms with Gasteiger partial charge in [0.1, 0.15) is 0 Å². The molecule has 2 aromatic rings. The van der Waals surface area contributed by atoms with E-state index in [9.17, 15) is 15.0 Å². The minimum atomic E-state index is -1.09. The van der Waals surface area contributed by atoms with Crippen LogP contribution in [0.4, 0.5) is 0 Å². The average Bonchev–Trinajstić information content (AvgIpc) is 2.90. The number of rotatable bonds is 6. The first-order valence-electron chi connectivity index (χ1n) is 13.6. The third-order valence-corrected chi connectivity index (χ3v) is 8.95. The second-order valence-corrected chi connectivity index (χ2v) is 11.2. The maximum Gasteiger partial charge on any atom is 0.251 e. The molecule has 1 unspecified atom stereocenters. The standard InChI is InChI=1S/C33H38N2O4/c1-18-9-10-26(22-7-6-8-23(13-22)32(37)35-11-12-39-5)27-15-24-14-25-16-29(36)28(21(4)34)17-33(25,38)20(3)31(24)19(2)30(18)27/h6-10,13,24-25,36,38H,2,4,11-12,14-17,34H2,1,3,5H3,(H,35,37)/t24?,25-,33+/m0/s1. The number of ether oxygens (including phenoxy) is 1. The van der Waals surface area contributed by atoms with E-state index in [-0.39, 0.29) is 29.9 Å². The van der Waals surface area contributed by atoms with Gasteiger partial charge in [-0.25, -0.2) is 0 Å². The average molecular weight is 527 g/mol. The Bertz CT molecular complexity index is 1450. The Morgan fingerprint density at radius 1 is 1.23 bits per heavy atom. The molecule has 0 saturated carbocycles. The number of benzene rings is 2. The van der Waals surface area contributed by atoms with E-state index in [0.717, 1.165) is 51.8 Å². The van der Waals surface area contributed by atoms with Gasteiger partial charge in [0, 0.05) is 43.3 Å². The minimum absolute atomic E-state index is 0.115. The number of fused-ring (bicyclic) bond motifs is 3. The summed E-state index contributed by atoms with van der Waals surface area (Å²) >= 11 is 0. The number of aliphatic hydroxyl groups excluding tert-OH is 1. The molecule has 0 saturated heterocycles. The molecule has 6 heteroatoms. The molecular formula is C33H38N2O4. The van der Waals surface area contributed by atoms with Crippen LogP contribution in [0.3, 0.4) is 0 Å². The molecule has 204 valence electrons. The highest BCUT2D eigenvalue weighted by atomic mass is 16.5. The van der Waals surface area contributed by atoms with Crippen LogP contribution >= 0.6 is 0 Å². The van der Waals surface area contributed by atoms with Gasteiger partial charge in [-0.3, -0.25) is 4.79 Å². The van der Waals surface area contributed by atoms with E-state index in [1.165, 1.54) is 5.56 Å². The van der Waals surface area contributed by atoms with Gasteiger partial charge in [0.2, 0.25) is 0 Å². The fourth-order valence-corrected chi connectivity index (χ4v) is 6.96. The minimum Gasteiger partial charge on any atom is -0.512 e. The summed E-state index contributed by atoms with van der Waals surface area (Å²) in [4.78, 5) is 12.7. The Hall–Kier alpha value is -3.61. The van der Waals surface area contributed by atoms with Crippen LogP contribution in [-0.4, -0.2) is 42.0 Å². The maximum atomic E-state index is 12.7. The zero-order valence-corrected chi connectivity index (χ0v) is 23.1. The normalized spacial score (nSPS) is 24.2.